The summed E-state index contributed by atoms with van der Waals surface area (Å²) in [5, 5.41) is 0. The van der Waals surface area contributed by atoms with E-state index in [1.54, 1.807) is 23.0 Å². The minimum absolute atomic E-state index is 0.184. The second kappa shape index (κ2) is 6.04. The van der Waals surface area contributed by atoms with E-state index in [4.69, 9.17) is 4.74 Å². The van der Waals surface area contributed by atoms with Gasteiger partial charge in [-0.2, -0.15) is 0 Å². The van der Waals surface area contributed by atoms with Gasteiger partial charge in [0.15, 0.2) is 0 Å². The Morgan fingerprint density at radius 1 is 1.00 bits per heavy atom. The Morgan fingerprint density at radius 3 is 2.58 bits per heavy atom. The van der Waals surface area contributed by atoms with Crippen LogP contribution in [0.4, 0.5) is 0 Å². The van der Waals surface area contributed by atoms with Crippen LogP contribution in [0.1, 0.15) is 5.56 Å². The van der Waals surface area contributed by atoms with Crippen LogP contribution in [0.2, 0.25) is 0 Å². The standard InChI is InChI=1S/C19H15N3O2/c23-19-21-17-10-11-20-12-18(17)22(19)15-6-8-16(9-7-15)24-13-14-4-2-1-3-5-14/h1-12H,13H2,(H,21,23). The highest BCUT2D eigenvalue weighted by atomic mass is 16.5. The van der Waals surface area contributed by atoms with E-state index in [-0.39, 0.29) is 5.69 Å². The van der Waals surface area contributed by atoms with Crippen LogP contribution in [-0.4, -0.2) is 14.5 Å². The highest BCUT2D eigenvalue weighted by Gasteiger charge is 2.08. The number of nitrogens with one attached hydrogen (secondary N) is 1. The van der Waals surface area contributed by atoms with E-state index in [0.717, 1.165) is 28.0 Å². The summed E-state index contributed by atoms with van der Waals surface area (Å²) >= 11 is 0. The molecule has 0 atom stereocenters. The Kier molecular flexibility index (Phi) is 3.59. The molecule has 0 unspecified atom stereocenters. The molecule has 0 bridgehead atoms. The van der Waals surface area contributed by atoms with E-state index < -0.39 is 0 Å². The SMILES string of the molecule is O=c1[nH]c2ccncc2n1-c1ccc(OCc2ccccc2)cc1. The molecule has 118 valence electrons. The van der Waals surface area contributed by atoms with Gasteiger partial charge in [0.1, 0.15) is 12.4 Å². The van der Waals surface area contributed by atoms with Crippen molar-refractivity contribution in [2.45, 2.75) is 6.61 Å². The second-order valence-electron chi connectivity index (χ2n) is 5.43. The van der Waals surface area contributed by atoms with Crippen LogP contribution in [0.3, 0.4) is 0 Å². The van der Waals surface area contributed by atoms with Crippen LogP contribution in [0.15, 0.2) is 77.9 Å². The van der Waals surface area contributed by atoms with E-state index >= 15 is 0 Å². The molecule has 5 heteroatoms. The fourth-order valence-electron chi connectivity index (χ4n) is 2.64. The monoisotopic (exact) mass is 317 g/mol. The zero-order valence-corrected chi connectivity index (χ0v) is 12.8. The summed E-state index contributed by atoms with van der Waals surface area (Å²) < 4.78 is 7.38. The third kappa shape index (κ3) is 2.67. The summed E-state index contributed by atoms with van der Waals surface area (Å²) in [6.07, 6.45) is 3.33. The van der Waals surface area contributed by atoms with Crippen molar-refractivity contribution in [2.24, 2.45) is 0 Å². The number of H-pyrrole nitrogens is 1. The number of pyridine rings is 1. The molecule has 0 aliphatic rings. The summed E-state index contributed by atoms with van der Waals surface area (Å²) in [7, 11) is 0. The molecule has 4 rings (SSSR count). The van der Waals surface area contributed by atoms with Crippen LogP contribution in [0.25, 0.3) is 16.7 Å². The third-order valence-corrected chi connectivity index (χ3v) is 3.83. The molecule has 0 saturated heterocycles. The van der Waals surface area contributed by atoms with Crippen molar-refractivity contribution in [3.8, 4) is 11.4 Å². The van der Waals surface area contributed by atoms with Crippen LogP contribution < -0.4 is 10.4 Å². The minimum Gasteiger partial charge on any atom is -0.489 e. The fourth-order valence-corrected chi connectivity index (χ4v) is 2.64. The topological polar surface area (TPSA) is 59.9 Å². The molecule has 0 amide bonds. The van der Waals surface area contributed by atoms with Crippen molar-refractivity contribution in [1.29, 1.82) is 0 Å². The van der Waals surface area contributed by atoms with Crippen LogP contribution in [0, 0.1) is 0 Å². The normalized spacial score (nSPS) is 10.8. The van der Waals surface area contributed by atoms with E-state index in [2.05, 4.69) is 9.97 Å². The molecule has 24 heavy (non-hydrogen) atoms. The summed E-state index contributed by atoms with van der Waals surface area (Å²) in [5.41, 5.74) is 3.21. The number of aromatic nitrogens is 3. The van der Waals surface area contributed by atoms with Gasteiger partial charge in [0.05, 0.1) is 22.9 Å². The molecule has 2 heterocycles. The van der Waals surface area contributed by atoms with Crippen molar-refractivity contribution in [2.75, 3.05) is 0 Å². The summed E-state index contributed by atoms with van der Waals surface area (Å²) in [5.74, 6) is 0.758. The Morgan fingerprint density at radius 2 is 1.79 bits per heavy atom. The lowest BCUT2D eigenvalue weighted by molar-refractivity contribution is 0.306. The molecule has 5 nitrogen and oxygen atoms in total. The number of benzene rings is 2. The Labute approximate surface area is 138 Å². The number of fused-ring (bicyclic) bond motifs is 1. The van der Waals surface area contributed by atoms with Gasteiger partial charge in [-0.15, -0.1) is 0 Å². The van der Waals surface area contributed by atoms with Crippen molar-refractivity contribution < 1.29 is 4.74 Å². The molecule has 0 fully saturated rings. The summed E-state index contributed by atoms with van der Waals surface area (Å²) in [4.78, 5) is 19.1. The number of hydrogen-bond acceptors (Lipinski definition) is 3. The largest absolute Gasteiger partial charge is 0.489 e. The van der Waals surface area contributed by atoms with Gasteiger partial charge >= 0.3 is 5.69 Å². The molecular weight excluding hydrogens is 302 g/mol. The quantitative estimate of drug-likeness (QED) is 0.628. The number of hydrogen-bond donors (Lipinski definition) is 1. The van der Waals surface area contributed by atoms with Crippen molar-refractivity contribution >= 4 is 11.0 Å². The maximum absolute atomic E-state index is 12.2. The van der Waals surface area contributed by atoms with Gasteiger partial charge in [0, 0.05) is 6.20 Å². The van der Waals surface area contributed by atoms with Gasteiger partial charge < -0.3 is 9.72 Å². The number of imidazole rings is 1. The number of nitrogens with zero attached hydrogens (tertiary/aromatic N) is 2. The predicted molar refractivity (Wildman–Crippen MR) is 92.5 cm³/mol. The first-order valence-corrected chi connectivity index (χ1v) is 7.63. The van der Waals surface area contributed by atoms with E-state index in [9.17, 15) is 4.79 Å². The smallest absolute Gasteiger partial charge is 0.331 e. The van der Waals surface area contributed by atoms with Gasteiger partial charge in [0.2, 0.25) is 0 Å². The number of ether oxygens (including phenoxy) is 1. The molecule has 0 spiro atoms. The lowest BCUT2D eigenvalue weighted by Gasteiger charge is -2.08. The number of rotatable bonds is 4. The lowest BCUT2D eigenvalue weighted by Crippen LogP contribution is -2.14. The van der Waals surface area contributed by atoms with E-state index in [1.165, 1.54) is 0 Å². The minimum atomic E-state index is -0.184. The molecule has 4 aromatic rings. The first-order valence-electron chi connectivity index (χ1n) is 7.63. The molecule has 0 aliphatic heterocycles. The van der Waals surface area contributed by atoms with Gasteiger partial charge in [-0.25, -0.2) is 4.79 Å². The average molecular weight is 317 g/mol. The molecule has 2 aromatic carbocycles. The van der Waals surface area contributed by atoms with Gasteiger partial charge in [-0.3, -0.25) is 9.55 Å². The van der Waals surface area contributed by atoms with Crippen molar-refractivity contribution in [3.63, 3.8) is 0 Å². The van der Waals surface area contributed by atoms with Crippen molar-refractivity contribution in [1.82, 2.24) is 14.5 Å². The predicted octanol–water partition coefficient (Wildman–Crippen LogP) is 3.29. The maximum Gasteiger partial charge on any atom is 0.331 e. The summed E-state index contributed by atoms with van der Waals surface area (Å²) in [6, 6.07) is 19.2. The zero-order valence-electron chi connectivity index (χ0n) is 12.8. The number of aromatic amines is 1. The maximum atomic E-state index is 12.2. The molecule has 1 N–H and O–H groups in total. The molecule has 0 saturated carbocycles. The fraction of sp³-hybridized carbons (Fsp3) is 0.0526. The molecule has 2 aromatic heterocycles. The first kappa shape index (κ1) is 14.3. The highest BCUT2D eigenvalue weighted by molar-refractivity contribution is 5.75. The van der Waals surface area contributed by atoms with Crippen LogP contribution >= 0.6 is 0 Å². The zero-order chi connectivity index (χ0) is 16.4. The van der Waals surface area contributed by atoms with E-state index in [0.29, 0.717) is 6.61 Å². The van der Waals surface area contributed by atoms with E-state index in [1.807, 2.05) is 54.6 Å². The third-order valence-electron chi connectivity index (χ3n) is 3.83. The van der Waals surface area contributed by atoms with Gasteiger partial charge in [-0.1, -0.05) is 30.3 Å². The Hall–Kier alpha value is -3.34. The molecular formula is C19H15N3O2. The lowest BCUT2D eigenvalue weighted by atomic mass is 10.2. The highest BCUT2D eigenvalue weighted by Crippen LogP contribution is 2.18. The Balaban J connectivity index is 1.59. The van der Waals surface area contributed by atoms with Crippen molar-refractivity contribution in [3.05, 3.63) is 89.1 Å². The Bertz CT molecular complexity index is 1020. The molecule has 0 aliphatic carbocycles. The first-order chi connectivity index (χ1) is 11.8. The van der Waals surface area contributed by atoms with Crippen LogP contribution in [-0.2, 0) is 6.61 Å². The van der Waals surface area contributed by atoms with Gasteiger partial charge in [-0.05, 0) is 35.9 Å². The second-order valence-corrected chi connectivity index (χ2v) is 5.43. The van der Waals surface area contributed by atoms with Crippen LogP contribution in [0.5, 0.6) is 5.75 Å². The average Bonchev–Trinajstić information content (AvgIpc) is 2.97. The summed E-state index contributed by atoms with van der Waals surface area (Å²) in [6.45, 7) is 0.511. The van der Waals surface area contributed by atoms with Gasteiger partial charge in [0.25, 0.3) is 0 Å². The molecule has 0 radical (unpaired) electrons.